The molecule has 6 aliphatic rings. The number of aliphatic hydroxyl groups excluding tert-OH is 1. The van der Waals surface area contributed by atoms with E-state index in [9.17, 15) is 15.0 Å². The maximum atomic E-state index is 14.2. The number of ketones is 1. The van der Waals surface area contributed by atoms with Crippen molar-refractivity contribution in [3.05, 3.63) is 35.4 Å². The number of Topliss-reactive ketones (excluding diaryl/α,β-unsaturated/α-hetero) is 1. The number of carbonyl (C=O) groups excluding carboxylic acids is 1. The van der Waals surface area contributed by atoms with E-state index in [-0.39, 0.29) is 23.8 Å². The van der Waals surface area contributed by atoms with E-state index in [4.69, 9.17) is 4.74 Å². The molecule has 7 rings (SSSR count). The molecule has 5 heteroatoms. The molecule has 3 saturated carbocycles. The molecular formula is C25H31NO4. The Morgan fingerprint density at radius 1 is 1.17 bits per heavy atom. The fourth-order valence-corrected chi connectivity index (χ4v) is 9.18. The number of hydrogen-bond acceptors (Lipinski definition) is 5. The van der Waals surface area contributed by atoms with E-state index in [0.717, 1.165) is 32.2 Å². The van der Waals surface area contributed by atoms with Crippen molar-refractivity contribution in [1.82, 2.24) is 4.90 Å². The van der Waals surface area contributed by atoms with Crippen LogP contribution in [-0.4, -0.2) is 64.4 Å². The molecule has 4 unspecified atom stereocenters. The number of fused-ring (bicyclic) bond motifs is 1. The highest BCUT2D eigenvalue weighted by atomic mass is 16.5. The van der Waals surface area contributed by atoms with Gasteiger partial charge in [0, 0.05) is 22.8 Å². The van der Waals surface area contributed by atoms with Gasteiger partial charge in [0.2, 0.25) is 0 Å². The van der Waals surface area contributed by atoms with Gasteiger partial charge < -0.3 is 19.8 Å². The fraction of sp³-hybridized carbons (Fsp3) is 0.720. The Kier molecular flexibility index (Phi) is 3.39. The maximum absolute atomic E-state index is 14.2. The van der Waals surface area contributed by atoms with E-state index in [0.29, 0.717) is 25.2 Å². The van der Waals surface area contributed by atoms with Crippen molar-refractivity contribution in [1.29, 1.82) is 0 Å². The van der Waals surface area contributed by atoms with E-state index in [1.54, 1.807) is 0 Å². The summed E-state index contributed by atoms with van der Waals surface area (Å²) in [4.78, 5) is 16.6. The van der Waals surface area contributed by atoms with Gasteiger partial charge in [0.15, 0.2) is 5.78 Å². The van der Waals surface area contributed by atoms with Crippen LogP contribution >= 0.6 is 0 Å². The molecule has 1 aromatic rings. The van der Waals surface area contributed by atoms with Crippen LogP contribution in [0.3, 0.4) is 0 Å². The Morgan fingerprint density at radius 2 is 1.90 bits per heavy atom. The molecule has 30 heavy (non-hydrogen) atoms. The average molecular weight is 410 g/mol. The number of carbonyl (C=O) groups is 1. The monoisotopic (exact) mass is 409 g/mol. The zero-order chi connectivity index (χ0) is 20.5. The van der Waals surface area contributed by atoms with Gasteiger partial charge in [0.25, 0.3) is 0 Å². The molecule has 2 saturated heterocycles. The summed E-state index contributed by atoms with van der Waals surface area (Å²) < 4.78 is 6.56. The Balaban J connectivity index is 1.41. The molecule has 2 N–H and O–H groups in total. The second-order valence-electron chi connectivity index (χ2n) is 11.3. The standard InChI is InChI=1S/C25H31NO4/c1-26-9-8-24-19-14-6-7-17(27)20(19)30-22(24)21(28)23(13-25(24,29)18(26)10-14)11-15-4-2-3-5-16(15)12-23/h2-5,14,17-20,22,27,29H,6-13H2,1H3/t14?,17?,18-,19?,20?,22+,24-,25-/m0/s1. The highest BCUT2D eigenvalue weighted by molar-refractivity contribution is 5.93. The molecule has 2 aliphatic heterocycles. The number of piperidine rings is 1. The molecule has 160 valence electrons. The minimum atomic E-state index is -0.937. The van der Waals surface area contributed by atoms with E-state index in [2.05, 4.69) is 24.1 Å². The van der Waals surface area contributed by atoms with Crippen molar-refractivity contribution in [2.75, 3.05) is 13.6 Å². The molecule has 0 aromatic heterocycles. The number of aliphatic hydroxyl groups is 2. The first-order valence-corrected chi connectivity index (χ1v) is 11.8. The highest BCUT2D eigenvalue weighted by Gasteiger charge is 2.80. The largest absolute Gasteiger partial charge is 0.390 e. The second kappa shape index (κ2) is 5.55. The van der Waals surface area contributed by atoms with E-state index < -0.39 is 28.6 Å². The van der Waals surface area contributed by atoms with E-state index in [1.807, 2.05) is 12.1 Å². The highest BCUT2D eigenvalue weighted by Crippen LogP contribution is 2.71. The summed E-state index contributed by atoms with van der Waals surface area (Å²) in [5.41, 5.74) is 0.444. The van der Waals surface area contributed by atoms with Crippen LogP contribution in [0.5, 0.6) is 0 Å². The van der Waals surface area contributed by atoms with Gasteiger partial charge in [0.05, 0.1) is 17.8 Å². The molecule has 5 fully saturated rings. The second-order valence-corrected chi connectivity index (χ2v) is 11.3. The smallest absolute Gasteiger partial charge is 0.169 e. The van der Waals surface area contributed by atoms with Crippen LogP contribution in [0.4, 0.5) is 0 Å². The first-order valence-electron chi connectivity index (χ1n) is 11.8. The molecular weight excluding hydrogens is 378 g/mol. The zero-order valence-electron chi connectivity index (χ0n) is 17.6. The number of nitrogens with zero attached hydrogens (tertiary/aromatic N) is 1. The SMILES string of the molecule is CN1CC[C@]23C4C5CCC(O)C4O[C@@H]2C(=O)C2(Cc4ccccc4C2)C[C@]3(O)[C@@H]1C5. The minimum Gasteiger partial charge on any atom is -0.390 e. The lowest BCUT2D eigenvalue weighted by molar-refractivity contribution is -0.262. The number of benzene rings is 1. The quantitative estimate of drug-likeness (QED) is 0.683. The molecule has 2 spiro atoms. The van der Waals surface area contributed by atoms with Crippen LogP contribution in [0.1, 0.15) is 43.2 Å². The normalized spacial score (nSPS) is 50.4. The van der Waals surface area contributed by atoms with Gasteiger partial charge in [-0.1, -0.05) is 24.3 Å². The summed E-state index contributed by atoms with van der Waals surface area (Å²) in [5, 5.41) is 23.5. The first kappa shape index (κ1) is 18.3. The maximum Gasteiger partial charge on any atom is 0.169 e. The Morgan fingerprint density at radius 3 is 2.63 bits per heavy atom. The Bertz CT molecular complexity index is 922. The summed E-state index contributed by atoms with van der Waals surface area (Å²) >= 11 is 0. The fourth-order valence-electron chi connectivity index (χ4n) is 9.18. The van der Waals surface area contributed by atoms with Crippen molar-refractivity contribution >= 4 is 5.78 Å². The number of ether oxygens (including phenoxy) is 1. The number of hydrogen-bond donors (Lipinski definition) is 2. The molecule has 2 bridgehead atoms. The molecule has 5 nitrogen and oxygen atoms in total. The lowest BCUT2D eigenvalue weighted by atomic mass is 9.39. The van der Waals surface area contributed by atoms with Gasteiger partial charge in [-0.25, -0.2) is 0 Å². The van der Waals surface area contributed by atoms with Crippen LogP contribution in [0.25, 0.3) is 0 Å². The average Bonchev–Trinajstić information content (AvgIpc) is 3.26. The third-order valence-electron chi connectivity index (χ3n) is 10.3. The summed E-state index contributed by atoms with van der Waals surface area (Å²) in [6, 6.07) is 8.43. The molecule has 4 aliphatic carbocycles. The molecule has 2 heterocycles. The van der Waals surface area contributed by atoms with Crippen molar-refractivity contribution in [2.24, 2.45) is 22.7 Å². The van der Waals surface area contributed by atoms with Crippen LogP contribution in [-0.2, 0) is 22.4 Å². The molecule has 0 amide bonds. The van der Waals surface area contributed by atoms with Gasteiger partial charge in [-0.05, 0) is 75.6 Å². The summed E-state index contributed by atoms with van der Waals surface area (Å²) in [6.07, 6.45) is 4.02. The third-order valence-corrected chi connectivity index (χ3v) is 10.3. The molecule has 8 atom stereocenters. The number of rotatable bonds is 0. The van der Waals surface area contributed by atoms with Gasteiger partial charge in [-0.3, -0.25) is 4.79 Å². The van der Waals surface area contributed by atoms with E-state index >= 15 is 0 Å². The minimum absolute atomic E-state index is 0.0706. The topological polar surface area (TPSA) is 70.0 Å². The Labute approximate surface area is 177 Å². The van der Waals surface area contributed by atoms with Crippen molar-refractivity contribution in [3.8, 4) is 0 Å². The van der Waals surface area contributed by atoms with Crippen molar-refractivity contribution in [3.63, 3.8) is 0 Å². The number of likely N-dealkylation sites (N-methyl/N-ethyl adjacent to an activating group) is 1. The lowest BCUT2D eigenvalue weighted by Crippen LogP contribution is -2.79. The Hall–Kier alpha value is -1.27. The summed E-state index contributed by atoms with van der Waals surface area (Å²) in [5.74, 6) is 0.735. The molecule has 1 aromatic carbocycles. The zero-order valence-corrected chi connectivity index (χ0v) is 17.6. The van der Waals surface area contributed by atoms with Gasteiger partial charge in [0.1, 0.15) is 6.10 Å². The predicted molar refractivity (Wildman–Crippen MR) is 110 cm³/mol. The third kappa shape index (κ3) is 1.85. The van der Waals surface area contributed by atoms with E-state index in [1.165, 1.54) is 11.1 Å². The number of likely N-dealkylation sites (tertiary alicyclic amines) is 1. The van der Waals surface area contributed by atoms with Crippen molar-refractivity contribution < 1.29 is 19.7 Å². The van der Waals surface area contributed by atoms with Gasteiger partial charge in [-0.2, -0.15) is 0 Å². The van der Waals surface area contributed by atoms with Crippen LogP contribution < -0.4 is 0 Å². The van der Waals surface area contributed by atoms with Gasteiger partial charge in [-0.15, -0.1) is 0 Å². The van der Waals surface area contributed by atoms with Gasteiger partial charge >= 0.3 is 0 Å². The predicted octanol–water partition coefficient (Wildman–Crippen LogP) is 1.72. The summed E-state index contributed by atoms with van der Waals surface area (Å²) in [7, 11) is 2.14. The summed E-state index contributed by atoms with van der Waals surface area (Å²) in [6.45, 7) is 0.888. The van der Waals surface area contributed by atoms with Crippen molar-refractivity contribution in [2.45, 2.75) is 74.9 Å². The van der Waals surface area contributed by atoms with Crippen LogP contribution in [0.15, 0.2) is 24.3 Å². The lowest BCUT2D eigenvalue weighted by Gasteiger charge is -2.68. The van der Waals surface area contributed by atoms with Crippen LogP contribution in [0.2, 0.25) is 0 Å². The molecule has 0 radical (unpaired) electrons. The van der Waals surface area contributed by atoms with Crippen LogP contribution in [0, 0.1) is 22.7 Å². The first-order chi connectivity index (χ1) is 14.4.